The van der Waals surface area contributed by atoms with E-state index in [1.54, 1.807) is 14.2 Å². The molecule has 0 saturated carbocycles. The van der Waals surface area contributed by atoms with Crippen molar-refractivity contribution in [1.29, 1.82) is 0 Å². The Bertz CT molecular complexity index is 473. The van der Waals surface area contributed by atoms with Crippen LogP contribution in [-0.2, 0) is 16.0 Å². The lowest BCUT2D eigenvalue weighted by atomic mass is 9.92. The van der Waals surface area contributed by atoms with Crippen LogP contribution in [-0.4, -0.2) is 33.8 Å². The smallest absolute Gasteiger partial charge is 0.307 e. The van der Waals surface area contributed by atoms with Crippen LogP contribution in [0.25, 0.3) is 0 Å². The van der Waals surface area contributed by atoms with E-state index in [1.165, 1.54) is 12.7 Å². The summed E-state index contributed by atoms with van der Waals surface area (Å²) in [5, 5.41) is 3.33. The molecule has 5 heteroatoms. The third kappa shape index (κ3) is 2.81. The molecule has 1 aliphatic rings. The Balaban J connectivity index is 2.34. The van der Waals surface area contributed by atoms with Gasteiger partial charge in [0.1, 0.15) is 0 Å². The third-order valence-electron chi connectivity index (χ3n) is 3.40. The highest BCUT2D eigenvalue weighted by molar-refractivity contribution is 5.70. The van der Waals surface area contributed by atoms with Crippen LogP contribution in [0.2, 0.25) is 0 Å². The van der Waals surface area contributed by atoms with Crippen molar-refractivity contribution in [2.45, 2.75) is 18.9 Å². The van der Waals surface area contributed by atoms with E-state index in [4.69, 9.17) is 14.2 Å². The van der Waals surface area contributed by atoms with Gasteiger partial charge in [-0.05, 0) is 36.2 Å². The Kier molecular flexibility index (Phi) is 4.27. The Morgan fingerprint density at radius 3 is 2.58 bits per heavy atom. The third-order valence-corrected chi connectivity index (χ3v) is 3.40. The highest BCUT2D eigenvalue weighted by atomic mass is 16.5. The van der Waals surface area contributed by atoms with E-state index in [0.29, 0.717) is 12.2 Å². The number of hydrogen-bond donors (Lipinski definition) is 1. The average molecular weight is 265 g/mol. The molecule has 0 aromatic heterocycles. The van der Waals surface area contributed by atoms with Crippen LogP contribution in [0, 0.1) is 0 Å². The van der Waals surface area contributed by atoms with Gasteiger partial charge in [-0.3, -0.25) is 4.79 Å². The minimum atomic E-state index is -0.222. The fourth-order valence-electron chi connectivity index (χ4n) is 2.40. The van der Waals surface area contributed by atoms with E-state index in [9.17, 15) is 4.79 Å². The normalized spacial score (nSPS) is 17.5. The van der Waals surface area contributed by atoms with Gasteiger partial charge in [0.15, 0.2) is 11.5 Å². The second-order valence-electron chi connectivity index (χ2n) is 4.44. The zero-order valence-corrected chi connectivity index (χ0v) is 11.5. The maximum absolute atomic E-state index is 11.4. The minimum Gasteiger partial charge on any atom is -0.493 e. The van der Waals surface area contributed by atoms with E-state index < -0.39 is 0 Å². The second kappa shape index (κ2) is 5.93. The molecule has 0 fully saturated rings. The van der Waals surface area contributed by atoms with E-state index in [2.05, 4.69) is 5.32 Å². The van der Waals surface area contributed by atoms with Crippen LogP contribution in [0.15, 0.2) is 12.1 Å². The number of benzene rings is 1. The van der Waals surface area contributed by atoms with Gasteiger partial charge in [-0.15, -0.1) is 0 Å². The first-order valence-electron chi connectivity index (χ1n) is 6.24. The number of methoxy groups -OCH3 is 3. The van der Waals surface area contributed by atoms with Gasteiger partial charge in [0.2, 0.25) is 0 Å². The quantitative estimate of drug-likeness (QED) is 0.835. The Hall–Kier alpha value is -1.75. The van der Waals surface area contributed by atoms with Crippen LogP contribution in [0.4, 0.5) is 0 Å². The monoisotopic (exact) mass is 265 g/mol. The summed E-state index contributed by atoms with van der Waals surface area (Å²) in [5.74, 6) is 1.18. The van der Waals surface area contributed by atoms with E-state index in [-0.39, 0.29) is 12.0 Å². The van der Waals surface area contributed by atoms with Gasteiger partial charge in [0.25, 0.3) is 0 Å². The Labute approximate surface area is 112 Å². The molecule has 0 saturated heterocycles. The molecule has 0 bridgehead atoms. The van der Waals surface area contributed by atoms with Gasteiger partial charge in [0.05, 0.1) is 27.8 Å². The van der Waals surface area contributed by atoms with Gasteiger partial charge in [-0.25, -0.2) is 0 Å². The minimum absolute atomic E-state index is 0.0315. The molecule has 0 aliphatic carbocycles. The highest BCUT2D eigenvalue weighted by Gasteiger charge is 2.24. The summed E-state index contributed by atoms with van der Waals surface area (Å²) in [6, 6.07) is 3.89. The summed E-state index contributed by atoms with van der Waals surface area (Å²) in [6.45, 7) is 0.837. The lowest BCUT2D eigenvalue weighted by molar-refractivity contribution is -0.141. The lowest BCUT2D eigenvalue weighted by Crippen LogP contribution is -2.31. The van der Waals surface area contributed by atoms with Crippen molar-refractivity contribution in [3.8, 4) is 11.5 Å². The van der Waals surface area contributed by atoms with Crippen molar-refractivity contribution in [3.05, 3.63) is 23.3 Å². The van der Waals surface area contributed by atoms with E-state index in [1.807, 2.05) is 12.1 Å². The number of esters is 1. The fourth-order valence-corrected chi connectivity index (χ4v) is 2.40. The first-order valence-corrected chi connectivity index (χ1v) is 6.24. The Morgan fingerprint density at radius 2 is 1.95 bits per heavy atom. The molecule has 2 rings (SSSR count). The largest absolute Gasteiger partial charge is 0.493 e. The molecule has 0 spiro atoms. The Morgan fingerprint density at radius 1 is 1.26 bits per heavy atom. The molecule has 1 heterocycles. The van der Waals surface area contributed by atoms with Crippen LogP contribution < -0.4 is 14.8 Å². The zero-order chi connectivity index (χ0) is 13.8. The maximum Gasteiger partial charge on any atom is 0.307 e. The number of fused-ring (bicyclic) bond motifs is 1. The topological polar surface area (TPSA) is 56.8 Å². The summed E-state index contributed by atoms with van der Waals surface area (Å²) in [7, 11) is 4.63. The van der Waals surface area contributed by atoms with E-state index in [0.717, 1.165) is 24.3 Å². The molecule has 0 unspecified atom stereocenters. The molecule has 0 radical (unpaired) electrons. The van der Waals surface area contributed by atoms with Crippen molar-refractivity contribution >= 4 is 5.97 Å². The molecule has 0 amide bonds. The summed E-state index contributed by atoms with van der Waals surface area (Å²) in [6.07, 6.45) is 1.23. The van der Waals surface area contributed by atoms with Crippen molar-refractivity contribution in [2.24, 2.45) is 0 Å². The molecular weight excluding hydrogens is 246 g/mol. The van der Waals surface area contributed by atoms with Gasteiger partial charge < -0.3 is 19.5 Å². The van der Waals surface area contributed by atoms with Gasteiger partial charge in [0, 0.05) is 6.04 Å². The van der Waals surface area contributed by atoms with Gasteiger partial charge >= 0.3 is 5.97 Å². The van der Waals surface area contributed by atoms with Crippen LogP contribution in [0.1, 0.15) is 23.6 Å². The molecule has 104 valence electrons. The number of carbonyl (C=O) groups is 1. The average Bonchev–Trinajstić information content (AvgIpc) is 2.45. The lowest BCUT2D eigenvalue weighted by Gasteiger charge is -2.27. The molecule has 5 nitrogen and oxygen atoms in total. The van der Waals surface area contributed by atoms with Crippen molar-refractivity contribution in [1.82, 2.24) is 5.32 Å². The number of carbonyl (C=O) groups excluding carboxylic acids is 1. The number of hydrogen-bond acceptors (Lipinski definition) is 5. The van der Waals surface area contributed by atoms with Gasteiger partial charge in [-0.2, -0.15) is 0 Å². The highest BCUT2D eigenvalue weighted by Crippen LogP contribution is 2.36. The molecule has 1 aromatic carbocycles. The molecule has 1 N–H and O–H groups in total. The molecule has 19 heavy (non-hydrogen) atoms. The number of rotatable bonds is 4. The SMILES string of the molecule is COC(=O)C[C@H]1NCCc2cc(OC)c(OC)cc21. The van der Waals surface area contributed by atoms with Gasteiger partial charge in [-0.1, -0.05) is 0 Å². The molecule has 1 aliphatic heterocycles. The van der Waals surface area contributed by atoms with E-state index >= 15 is 0 Å². The first-order chi connectivity index (χ1) is 9.19. The predicted molar refractivity (Wildman–Crippen MR) is 70.6 cm³/mol. The molecule has 1 atom stereocenters. The summed E-state index contributed by atoms with van der Waals surface area (Å²) < 4.78 is 15.4. The maximum atomic E-state index is 11.4. The number of nitrogens with one attached hydrogen (secondary N) is 1. The molecule has 1 aromatic rings. The fraction of sp³-hybridized carbons (Fsp3) is 0.500. The predicted octanol–water partition coefficient (Wildman–Crippen LogP) is 1.45. The van der Waals surface area contributed by atoms with Crippen LogP contribution in [0.3, 0.4) is 0 Å². The first kappa shape index (κ1) is 13.7. The van der Waals surface area contributed by atoms with Crippen LogP contribution in [0.5, 0.6) is 11.5 Å². The van der Waals surface area contributed by atoms with Crippen molar-refractivity contribution < 1.29 is 19.0 Å². The summed E-state index contributed by atoms with van der Waals surface area (Å²) in [4.78, 5) is 11.4. The van der Waals surface area contributed by atoms with Crippen molar-refractivity contribution in [3.63, 3.8) is 0 Å². The zero-order valence-electron chi connectivity index (χ0n) is 11.5. The molecular formula is C14H19NO4. The summed E-state index contributed by atoms with van der Waals surface area (Å²) >= 11 is 0. The number of ether oxygens (including phenoxy) is 3. The van der Waals surface area contributed by atoms with Crippen LogP contribution >= 0.6 is 0 Å². The second-order valence-corrected chi connectivity index (χ2v) is 4.44. The van der Waals surface area contributed by atoms with Crippen molar-refractivity contribution in [2.75, 3.05) is 27.9 Å². The standard InChI is InChI=1S/C14H19NO4/c1-17-12-6-9-4-5-15-11(8-14(16)19-3)10(9)7-13(12)18-2/h6-7,11,15H,4-5,8H2,1-3H3/t11-/m1/s1. The summed E-state index contributed by atoms with van der Waals surface area (Å²) in [5.41, 5.74) is 2.26.